The number of hydrogen-bond donors (Lipinski definition) is 1. The van der Waals surface area contributed by atoms with Gasteiger partial charge >= 0.3 is 5.97 Å². The summed E-state index contributed by atoms with van der Waals surface area (Å²) in [4.78, 5) is 40.1. The van der Waals surface area contributed by atoms with E-state index in [2.05, 4.69) is 6.07 Å². The molecular weight excluding hydrogens is 456 g/mol. The smallest absolute Gasteiger partial charge is 0.312 e. The first-order valence-electron chi connectivity index (χ1n) is 12.3. The molecule has 1 atom stereocenters. The third kappa shape index (κ3) is 3.63. The fraction of sp³-hybridized carbons (Fsp3) is 0.276. The molecule has 0 bridgehead atoms. The summed E-state index contributed by atoms with van der Waals surface area (Å²) in [5.74, 6) is -0.676. The van der Waals surface area contributed by atoms with Crippen LogP contribution in [-0.4, -0.2) is 20.2 Å². The molecule has 0 fully saturated rings. The average molecular weight is 483 g/mol. The van der Waals surface area contributed by atoms with E-state index in [0.29, 0.717) is 36.3 Å². The van der Waals surface area contributed by atoms with Crippen molar-refractivity contribution in [3.05, 3.63) is 103 Å². The highest BCUT2D eigenvalue weighted by Crippen LogP contribution is 2.37. The van der Waals surface area contributed by atoms with Crippen molar-refractivity contribution in [2.75, 3.05) is 0 Å². The second kappa shape index (κ2) is 8.52. The van der Waals surface area contributed by atoms with Gasteiger partial charge in [-0.15, -0.1) is 0 Å². The normalized spacial score (nSPS) is 16.6. The number of carbonyl (C=O) groups is 1. The van der Waals surface area contributed by atoms with Crippen LogP contribution in [0.25, 0.3) is 10.9 Å². The molecule has 7 heteroatoms. The Kier molecular flexibility index (Phi) is 5.29. The van der Waals surface area contributed by atoms with Gasteiger partial charge in [0.05, 0.1) is 17.5 Å². The molecule has 0 spiro atoms. The lowest BCUT2D eigenvalue weighted by molar-refractivity contribution is -0.135. The monoisotopic (exact) mass is 482 g/mol. The molecule has 0 amide bonds. The number of aryl methyl sites for hydroxylation is 4. The lowest BCUT2D eigenvalue weighted by Gasteiger charge is -2.27. The van der Waals surface area contributed by atoms with Gasteiger partial charge in [-0.05, 0) is 60.9 Å². The van der Waals surface area contributed by atoms with Gasteiger partial charge in [0.25, 0.3) is 11.1 Å². The van der Waals surface area contributed by atoms with E-state index in [1.165, 1.54) is 0 Å². The maximum atomic E-state index is 13.8. The van der Waals surface area contributed by atoms with Crippen molar-refractivity contribution in [3.63, 3.8) is 0 Å². The van der Waals surface area contributed by atoms with Crippen LogP contribution in [0, 0.1) is 6.92 Å². The molecule has 0 radical (unpaired) electrons. The van der Waals surface area contributed by atoms with Gasteiger partial charge in [0, 0.05) is 36.3 Å². The summed E-state index contributed by atoms with van der Waals surface area (Å²) >= 11 is 0. The number of hydrogen-bond acceptors (Lipinski definition) is 5. The predicted molar refractivity (Wildman–Crippen MR) is 136 cm³/mol. The topological polar surface area (TPSA) is 90.5 Å². The number of phenolic OH excluding ortho intramolecular Hbond substituents is 1. The molecular formula is C29H26N2O5. The highest BCUT2D eigenvalue weighted by molar-refractivity contribution is 5.84. The maximum Gasteiger partial charge on any atom is 0.312 e. The predicted octanol–water partition coefficient (Wildman–Crippen LogP) is 3.81. The van der Waals surface area contributed by atoms with Gasteiger partial charge in [0.2, 0.25) is 0 Å². The van der Waals surface area contributed by atoms with E-state index in [9.17, 15) is 19.5 Å². The zero-order chi connectivity index (χ0) is 25.0. The van der Waals surface area contributed by atoms with Gasteiger partial charge in [0.1, 0.15) is 11.5 Å². The Bertz CT molecular complexity index is 1650. The van der Waals surface area contributed by atoms with Crippen molar-refractivity contribution >= 4 is 16.9 Å². The lowest BCUT2D eigenvalue weighted by Crippen LogP contribution is -2.36. The Labute approximate surface area is 207 Å². The molecule has 4 heterocycles. The standard InChI is InChI=1S/C29H26N2O5/c1-17-14-24-26(29(35)30(17)13-11-18-7-9-21(32)10-8-18)22(16-25(33)36-24)23-15-20-5-2-4-19-6-3-12-31(27(19)20)28(23)34/h2,4-5,7-10,14-15,22,32H,3,6,11-13,16H2,1H3/t22-/m0/s1. The minimum Gasteiger partial charge on any atom is -0.508 e. The number of pyridine rings is 2. The first-order chi connectivity index (χ1) is 17.4. The summed E-state index contributed by atoms with van der Waals surface area (Å²) in [6.07, 6.45) is 2.35. The van der Waals surface area contributed by atoms with Crippen LogP contribution in [0.1, 0.15) is 46.7 Å². The lowest BCUT2D eigenvalue weighted by atomic mass is 9.86. The van der Waals surface area contributed by atoms with Crippen molar-refractivity contribution in [2.45, 2.75) is 51.6 Å². The van der Waals surface area contributed by atoms with E-state index in [1.807, 2.05) is 37.3 Å². The van der Waals surface area contributed by atoms with Gasteiger partial charge < -0.3 is 19.0 Å². The number of fused-ring (bicyclic) bond motifs is 1. The van der Waals surface area contributed by atoms with Crippen molar-refractivity contribution in [2.24, 2.45) is 0 Å². The van der Waals surface area contributed by atoms with Gasteiger partial charge in [-0.25, -0.2) is 0 Å². The summed E-state index contributed by atoms with van der Waals surface area (Å²) in [6, 6.07) is 16.5. The average Bonchev–Trinajstić information content (AvgIpc) is 2.86. The molecule has 2 aromatic heterocycles. The first-order valence-corrected chi connectivity index (χ1v) is 12.3. The fourth-order valence-electron chi connectivity index (χ4n) is 5.68. The molecule has 2 aromatic carbocycles. The van der Waals surface area contributed by atoms with Crippen LogP contribution in [-0.2, 0) is 30.7 Å². The van der Waals surface area contributed by atoms with Crippen LogP contribution in [0.15, 0.2) is 64.2 Å². The van der Waals surface area contributed by atoms with Crippen LogP contribution in [0.4, 0.5) is 0 Å². The number of rotatable bonds is 4. The molecule has 36 heavy (non-hydrogen) atoms. The van der Waals surface area contributed by atoms with Crippen LogP contribution in [0.3, 0.4) is 0 Å². The summed E-state index contributed by atoms with van der Waals surface area (Å²) in [5, 5.41) is 10.5. The summed E-state index contributed by atoms with van der Waals surface area (Å²) in [6.45, 7) is 2.86. The highest BCUT2D eigenvalue weighted by Gasteiger charge is 2.35. The molecule has 0 aliphatic carbocycles. The zero-order valence-corrected chi connectivity index (χ0v) is 20.0. The van der Waals surface area contributed by atoms with E-state index in [-0.39, 0.29) is 29.0 Å². The Morgan fingerprint density at radius 3 is 2.64 bits per heavy atom. The number of aromatic hydroxyl groups is 1. The number of carbonyl (C=O) groups excluding carboxylic acids is 1. The van der Waals surface area contributed by atoms with E-state index < -0.39 is 11.9 Å². The molecule has 0 unspecified atom stereocenters. The summed E-state index contributed by atoms with van der Waals surface area (Å²) < 4.78 is 8.99. The highest BCUT2D eigenvalue weighted by atomic mass is 16.5. The van der Waals surface area contributed by atoms with E-state index in [1.54, 1.807) is 27.3 Å². The second-order valence-corrected chi connectivity index (χ2v) is 9.68. The van der Waals surface area contributed by atoms with E-state index in [4.69, 9.17) is 4.74 Å². The minimum atomic E-state index is -0.666. The molecule has 0 saturated carbocycles. The number of aromatic nitrogens is 2. The van der Waals surface area contributed by atoms with Gasteiger partial charge in [0.15, 0.2) is 0 Å². The minimum absolute atomic E-state index is 0.0519. The maximum absolute atomic E-state index is 13.8. The molecule has 7 nitrogen and oxygen atoms in total. The molecule has 0 saturated heterocycles. The first kappa shape index (κ1) is 22.3. The summed E-state index contributed by atoms with van der Waals surface area (Å²) in [7, 11) is 0. The van der Waals surface area contributed by atoms with Crippen LogP contribution in [0.5, 0.6) is 11.5 Å². The largest absolute Gasteiger partial charge is 0.508 e. The quantitative estimate of drug-likeness (QED) is 0.447. The number of phenols is 1. The van der Waals surface area contributed by atoms with E-state index in [0.717, 1.165) is 34.9 Å². The summed E-state index contributed by atoms with van der Waals surface area (Å²) in [5.41, 5.74) is 4.21. The SMILES string of the molecule is Cc1cc2c(c(=O)n1CCc1ccc(O)cc1)[C@H](c1cc3cccc4c3n(c1=O)CCC4)CC(=O)O2. The molecule has 2 aliphatic heterocycles. The van der Waals surface area contributed by atoms with Crippen LogP contribution >= 0.6 is 0 Å². The Morgan fingerprint density at radius 1 is 1.03 bits per heavy atom. The number of ether oxygens (including phenoxy) is 1. The number of nitrogens with zero attached hydrogens (tertiary/aromatic N) is 2. The third-order valence-electron chi connectivity index (χ3n) is 7.44. The Morgan fingerprint density at radius 2 is 1.83 bits per heavy atom. The van der Waals surface area contributed by atoms with Crippen molar-refractivity contribution in [1.29, 1.82) is 0 Å². The molecule has 182 valence electrons. The molecule has 2 aliphatic rings. The molecule has 1 N–H and O–H groups in total. The zero-order valence-electron chi connectivity index (χ0n) is 20.0. The van der Waals surface area contributed by atoms with Crippen molar-refractivity contribution in [3.8, 4) is 11.5 Å². The number of esters is 1. The molecule has 6 rings (SSSR count). The third-order valence-corrected chi connectivity index (χ3v) is 7.44. The van der Waals surface area contributed by atoms with E-state index >= 15 is 0 Å². The van der Waals surface area contributed by atoms with Crippen molar-refractivity contribution in [1.82, 2.24) is 9.13 Å². The number of benzene rings is 2. The fourth-order valence-corrected chi connectivity index (χ4v) is 5.68. The Balaban J connectivity index is 1.48. The van der Waals surface area contributed by atoms with Gasteiger partial charge in [-0.3, -0.25) is 14.4 Å². The molecule has 4 aromatic rings. The van der Waals surface area contributed by atoms with Crippen LogP contribution in [0.2, 0.25) is 0 Å². The second-order valence-electron chi connectivity index (χ2n) is 9.68. The number of para-hydroxylation sites is 1. The van der Waals surface area contributed by atoms with Crippen LogP contribution < -0.4 is 15.9 Å². The van der Waals surface area contributed by atoms with Gasteiger partial charge in [-0.2, -0.15) is 0 Å². The Hall–Kier alpha value is -4.13. The van der Waals surface area contributed by atoms with Crippen molar-refractivity contribution < 1.29 is 14.6 Å². The van der Waals surface area contributed by atoms with Gasteiger partial charge in [-0.1, -0.05) is 30.3 Å².